The monoisotopic (exact) mass is 299 g/mol. The predicted molar refractivity (Wildman–Crippen MR) is 69.5 cm³/mol. The molecule has 0 unspecified atom stereocenters. The molecule has 2 aromatic carbocycles. The Morgan fingerprint density at radius 3 is 2.20 bits per heavy atom. The van der Waals surface area contributed by atoms with Gasteiger partial charge >= 0.3 is 0 Å². The molecular formula is C13H11F2NO3S. The van der Waals surface area contributed by atoms with Gasteiger partial charge < -0.3 is 5.11 Å². The van der Waals surface area contributed by atoms with E-state index in [9.17, 15) is 17.2 Å². The van der Waals surface area contributed by atoms with Crippen LogP contribution in [0.15, 0.2) is 47.4 Å². The Kier molecular flexibility index (Phi) is 4.01. The first kappa shape index (κ1) is 14.4. The first-order valence-corrected chi connectivity index (χ1v) is 7.09. The van der Waals surface area contributed by atoms with Gasteiger partial charge in [-0.15, -0.1) is 0 Å². The van der Waals surface area contributed by atoms with Crippen molar-refractivity contribution in [2.45, 2.75) is 11.5 Å². The molecule has 0 heterocycles. The Labute approximate surface area is 114 Å². The summed E-state index contributed by atoms with van der Waals surface area (Å²) in [5, 5.41) is 9.11. The molecule has 2 aromatic rings. The molecule has 0 aliphatic carbocycles. The van der Waals surface area contributed by atoms with Crippen molar-refractivity contribution in [2.75, 3.05) is 4.72 Å². The molecule has 0 amide bonds. The lowest BCUT2D eigenvalue weighted by molar-refractivity contribution is 0.282. The molecule has 0 saturated heterocycles. The summed E-state index contributed by atoms with van der Waals surface area (Å²) < 4.78 is 53.2. The summed E-state index contributed by atoms with van der Waals surface area (Å²) in [7, 11) is -4.42. The maximum Gasteiger partial charge on any atom is 0.267 e. The number of aliphatic hydroxyl groups excluding tert-OH is 1. The second-order valence-electron chi connectivity index (χ2n) is 3.97. The SMILES string of the molecule is O=S(=O)(Nc1ccccc1CO)c1c(F)cccc1F. The van der Waals surface area contributed by atoms with Crippen LogP contribution in [0.5, 0.6) is 0 Å². The Hall–Kier alpha value is -1.99. The minimum atomic E-state index is -4.42. The van der Waals surface area contributed by atoms with E-state index in [1.165, 1.54) is 18.2 Å². The van der Waals surface area contributed by atoms with Crippen LogP contribution in [0.4, 0.5) is 14.5 Å². The third-order valence-corrected chi connectivity index (χ3v) is 4.04. The molecule has 0 aliphatic rings. The van der Waals surface area contributed by atoms with E-state index in [2.05, 4.69) is 4.72 Å². The van der Waals surface area contributed by atoms with Gasteiger partial charge in [0.25, 0.3) is 10.0 Å². The molecular weight excluding hydrogens is 288 g/mol. The summed E-state index contributed by atoms with van der Waals surface area (Å²) in [5.74, 6) is -2.36. The second kappa shape index (κ2) is 5.56. The fourth-order valence-electron chi connectivity index (χ4n) is 1.69. The van der Waals surface area contributed by atoms with Gasteiger partial charge in [-0.3, -0.25) is 4.72 Å². The lowest BCUT2D eigenvalue weighted by atomic mass is 10.2. The van der Waals surface area contributed by atoms with E-state index >= 15 is 0 Å². The van der Waals surface area contributed by atoms with Crippen LogP contribution in [0.25, 0.3) is 0 Å². The molecule has 0 saturated carbocycles. The van der Waals surface area contributed by atoms with Gasteiger partial charge in [0.1, 0.15) is 11.6 Å². The van der Waals surface area contributed by atoms with Crippen LogP contribution in [0.3, 0.4) is 0 Å². The van der Waals surface area contributed by atoms with Crippen LogP contribution in [0, 0.1) is 11.6 Å². The lowest BCUT2D eigenvalue weighted by Gasteiger charge is -2.12. The molecule has 0 spiro atoms. The van der Waals surface area contributed by atoms with Gasteiger partial charge in [0.2, 0.25) is 0 Å². The van der Waals surface area contributed by atoms with E-state index < -0.39 is 33.2 Å². The van der Waals surface area contributed by atoms with Crippen LogP contribution in [-0.4, -0.2) is 13.5 Å². The summed E-state index contributed by atoms with van der Waals surface area (Å²) in [4.78, 5) is -1.05. The first-order valence-electron chi connectivity index (χ1n) is 5.61. The number of hydrogen-bond acceptors (Lipinski definition) is 3. The van der Waals surface area contributed by atoms with Gasteiger partial charge in [-0.2, -0.15) is 0 Å². The molecule has 0 atom stereocenters. The number of benzene rings is 2. The highest BCUT2D eigenvalue weighted by Crippen LogP contribution is 2.23. The number of para-hydroxylation sites is 1. The van der Waals surface area contributed by atoms with Crippen molar-refractivity contribution in [3.8, 4) is 0 Å². The minimum Gasteiger partial charge on any atom is -0.392 e. The number of hydrogen-bond donors (Lipinski definition) is 2. The third kappa shape index (κ3) is 2.78. The molecule has 2 N–H and O–H groups in total. The standard InChI is InChI=1S/C13H11F2NO3S/c14-10-5-3-6-11(15)13(10)20(18,19)16-12-7-2-1-4-9(12)8-17/h1-7,16-17H,8H2. The molecule has 0 aromatic heterocycles. The zero-order valence-electron chi connectivity index (χ0n) is 10.2. The fourth-order valence-corrected chi connectivity index (χ4v) is 2.93. The maximum atomic E-state index is 13.5. The van der Waals surface area contributed by atoms with Crippen molar-refractivity contribution in [3.63, 3.8) is 0 Å². The van der Waals surface area contributed by atoms with Gasteiger partial charge in [-0.05, 0) is 18.2 Å². The average molecular weight is 299 g/mol. The average Bonchev–Trinajstić information content (AvgIpc) is 2.38. The summed E-state index contributed by atoms with van der Waals surface area (Å²) in [6, 6.07) is 8.82. The molecule has 4 nitrogen and oxygen atoms in total. The van der Waals surface area contributed by atoms with E-state index in [-0.39, 0.29) is 5.69 Å². The van der Waals surface area contributed by atoms with Crippen LogP contribution >= 0.6 is 0 Å². The van der Waals surface area contributed by atoms with Crippen molar-refractivity contribution >= 4 is 15.7 Å². The first-order chi connectivity index (χ1) is 9.45. The summed E-state index contributed by atoms with van der Waals surface area (Å²) in [6.07, 6.45) is 0. The fraction of sp³-hybridized carbons (Fsp3) is 0.0769. The zero-order chi connectivity index (χ0) is 14.8. The second-order valence-corrected chi connectivity index (χ2v) is 5.59. The molecule has 7 heteroatoms. The molecule has 106 valence electrons. The smallest absolute Gasteiger partial charge is 0.267 e. The van der Waals surface area contributed by atoms with Gasteiger partial charge in [-0.25, -0.2) is 17.2 Å². The molecule has 20 heavy (non-hydrogen) atoms. The number of halogens is 2. The summed E-state index contributed by atoms with van der Waals surface area (Å²) >= 11 is 0. The Balaban J connectivity index is 2.47. The highest BCUT2D eigenvalue weighted by atomic mass is 32.2. The van der Waals surface area contributed by atoms with Crippen LogP contribution < -0.4 is 4.72 Å². The Bertz CT molecular complexity index is 712. The number of sulfonamides is 1. The molecule has 0 fully saturated rings. The summed E-state index contributed by atoms with van der Waals surface area (Å²) in [6.45, 7) is -0.404. The van der Waals surface area contributed by atoms with Crippen molar-refractivity contribution in [1.29, 1.82) is 0 Å². The highest BCUT2D eigenvalue weighted by Gasteiger charge is 2.24. The zero-order valence-corrected chi connectivity index (χ0v) is 11.0. The number of aliphatic hydroxyl groups is 1. The quantitative estimate of drug-likeness (QED) is 0.910. The Morgan fingerprint density at radius 2 is 1.60 bits per heavy atom. The normalized spacial score (nSPS) is 11.3. The number of rotatable bonds is 4. The van der Waals surface area contributed by atoms with Crippen molar-refractivity contribution in [2.24, 2.45) is 0 Å². The predicted octanol–water partition coefficient (Wildman–Crippen LogP) is 2.26. The minimum absolute atomic E-state index is 0.0673. The topological polar surface area (TPSA) is 66.4 Å². The van der Waals surface area contributed by atoms with Crippen LogP contribution in [-0.2, 0) is 16.6 Å². The van der Waals surface area contributed by atoms with Crippen molar-refractivity contribution < 1.29 is 22.3 Å². The van der Waals surface area contributed by atoms with Gasteiger partial charge in [0.15, 0.2) is 4.90 Å². The third-order valence-electron chi connectivity index (χ3n) is 2.62. The van der Waals surface area contributed by atoms with E-state index in [0.717, 1.165) is 18.2 Å². The van der Waals surface area contributed by atoms with Gasteiger partial charge in [-0.1, -0.05) is 24.3 Å². The van der Waals surface area contributed by atoms with E-state index in [0.29, 0.717) is 5.56 Å². The number of nitrogens with one attached hydrogen (secondary N) is 1. The highest BCUT2D eigenvalue weighted by molar-refractivity contribution is 7.92. The van der Waals surface area contributed by atoms with Crippen LogP contribution in [0.2, 0.25) is 0 Å². The van der Waals surface area contributed by atoms with Gasteiger partial charge in [0.05, 0.1) is 12.3 Å². The Morgan fingerprint density at radius 1 is 1.00 bits per heavy atom. The van der Waals surface area contributed by atoms with Gasteiger partial charge in [0, 0.05) is 5.56 Å². The molecule has 0 bridgehead atoms. The molecule has 0 aliphatic heterocycles. The van der Waals surface area contributed by atoms with Crippen molar-refractivity contribution in [3.05, 3.63) is 59.7 Å². The van der Waals surface area contributed by atoms with E-state index in [1.54, 1.807) is 6.07 Å². The largest absolute Gasteiger partial charge is 0.392 e. The lowest BCUT2D eigenvalue weighted by Crippen LogP contribution is -2.17. The van der Waals surface area contributed by atoms with Crippen molar-refractivity contribution in [1.82, 2.24) is 0 Å². The van der Waals surface area contributed by atoms with Crippen LogP contribution in [0.1, 0.15) is 5.56 Å². The molecule has 2 rings (SSSR count). The summed E-state index contributed by atoms with van der Waals surface area (Å²) in [5.41, 5.74) is 0.366. The van der Waals surface area contributed by atoms with E-state index in [4.69, 9.17) is 5.11 Å². The maximum absolute atomic E-state index is 13.5. The number of anilines is 1. The van der Waals surface area contributed by atoms with E-state index in [1.807, 2.05) is 0 Å². The molecule has 0 radical (unpaired) electrons.